The van der Waals surface area contributed by atoms with Crippen LogP contribution in [0.2, 0.25) is 5.02 Å². The molecule has 3 rings (SSSR count). The number of hydrogen-bond donors (Lipinski definition) is 1. The maximum atomic E-state index is 9.31. The average Bonchev–Trinajstić information content (AvgIpc) is 2.47. The SMILES string of the molecule is N#Cc1cnc2c(Cl)cccc2c1N1CCNCC1. The van der Waals surface area contributed by atoms with Gasteiger partial charge in [-0.2, -0.15) is 5.26 Å². The Kier molecular flexibility index (Phi) is 3.24. The van der Waals surface area contributed by atoms with E-state index < -0.39 is 0 Å². The van der Waals surface area contributed by atoms with E-state index in [4.69, 9.17) is 11.6 Å². The number of aromatic nitrogens is 1. The summed E-state index contributed by atoms with van der Waals surface area (Å²) >= 11 is 6.19. The van der Waals surface area contributed by atoms with E-state index in [0.717, 1.165) is 42.8 Å². The molecule has 0 radical (unpaired) electrons. The van der Waals surface area contributed by atoms with Crippen LogP contribution in [0.4, 0.5) is 5.69 Å². The fraction of sp³-hybridized carbons (Fsp3) is 0.286. The number of hydrogen-bond acceptors (Lipinski definition) is 4. The largest absolute Gasteiger partial charge is 0.367 e. The third kappa shape index (κ3) is 2.12. The number of nitrogens with zero attached hydrogens (tertiary/aromatic N) is 3. The number of nitrogens with one attached hydrogen (secondary N) is 1. The van der Waals surface area contributed by atoms with Crippen molar-refractivity contribution in [2.75, 3.05) is 31.1 Å². The molecule has 0 saturated carbocycles. The zero-order chi connectivity index (χ0) is 13.2. The van der Waals surface area contributed by atoms with E-state index >= 15 is 0 Å². The highest BCUT2D eigenvalue weighted by Gasteiger charge is 2.18. The Bertz CT molecular complexity index is 656. The van der Waals surface area contributed by atoms with Crippen LogP contribution >= 0.6 is 11.6 Å². The van der Waals surface area contributed by atoms with Gasteiger partial charge in [0, 0.05) is 37.8 Å². The molecular formula is C14H13ClN4. The lowest BCUT2D eigenvalue weighted by Crippen LogP contribution is -2.43. The van der Waals surface area contributed by atoms with Crippen LogP contribution in [0.3, 0.4) is 0 Å². The first-order chi connectivity index (χ1) is 9.31. The summed E-state index contributed by atoms with van der Waals surface area (Å²) in [5.74, 6) is 0. The fourth-order valence-corrected chi connectivity index (χ4v) is 2.71. The molecule has 1 aliphatic heterocycles. The van der Waals surface area contributed by atoms with Gasteiger partial charge in [0.2, 0.25) is 0 Å². The zero-order valence-corrected chi connectivity index (χ0v) is 11.1. The average molecular weight is 273 g/mol. The van der Waals surface area contributed by atoms with Gasteiger partial charge in [-0.15, -0.1) is 0 Å². The van der Waals surface area contributed by atoms with Crippen molar-refractivity contribution < 1.29 is 0 Å². The fourth-order valence-electron chi connectivity index (χ4n) is 2.48. The number of rotatable bonds is 1. The third-order valence-electron chi connectivity index (χ3n) is 3.37. The molecule has 0 aliphatic carbocycles. The van der Waals surface area contributed by atoms with Gasteiger partial charge in [0.1, 0.15) is 6.07 Å². The molecule has 1 N–H and O–H groups in total. The van der Waals surface area contributed by atoms with Crippen molar-refractivity contribution in [1.29, 1.82) is 5.26 Å². The molecule has 0 spiro atoms. The Morgan fingerprint density at radius 2 is 2.11 bits per heavy atom. The molecule has 5 heteroatoms. The highest BCUT2D eigenvalue weighted by atomic mass is 35.5. The molecule has 1 saturated heterocycles. The molecule has 2 aromatic rings. The van der Waals surface area contributed by atoms with Crippen LogP contribution in [0.25, 0.3) is 10.9 Å². The van der Waals surface area contributed by atoms with Crippen molar-refractivity contribution in [2.24, 2.45) is 0 Å². The smallest absolute Gasteiger partial charge is 0.103 e. The molecule has 19 heavy (non-hydrogen) atoms. The van der Waals surface area contributed by atoms with E-state index in [1.807, 2.05) is 18.2 Å². The molecule has 2 heterocycles. The molecule has 4 nitrogen and oxygen atoms in total. The van der Waals surface area contributed by atoms with E-state index in [0.29, 0.717) is 10.6 Å². The molecule has 0 unspecified atom stereocenters. The maximum absolute atomic E-state index is 9.31. The Morgan fingerprint density at radius 1 is 1.32 bits per heavy atom. The van der Waals surface area contributed by atoms with Gasteiger partial charge in [-0.1, -0.05) is 23.7 Å². The number of pyridine rings is 1. The van der Waals surface area contributed by atoms with Gasteiger partial charge in [-0.25, -0.2) is 0 Å². The van der Waals surface area contributed by atoms with Crippen LogP contribution in [-0.2, 0) is 0 Å². The first-order valence-electron chi connectivity index (χ1n) is 6.24. The lowest BCUT2D eigenvalue weighted by atomic mass is 10.1. The van der Waals surface area contributed by atoms with E-state index in [2.05, 4.69) is 21.3 Å². The molecule has 0 bridgehead atoms. The normalized spacial score (nSPS) is 15.5. The zero-order valence-electron chi connectivity index (χ0n) is 10.4. The predicted molar refractivity (Wildman–Crippen MR) is 76.6 cm³/mol. The summed E-state index contributed by atoms with van der Waals surface area (Å²) in [4.78, 5) is 6.54. The van der Waals surface area contributed by atoms with Gasteiger partial charge in [0.15, 0.2) is 0 Å². The molecule has 1 aliphatic rings. The topological polar surface area (TPSA) is 52.0 Å². The van der Waals surface area contributed by atoms with Crippen molar-refractivity contribution in [1.82, 2.24) is 10.3 Å². The monoisotopic (exact) mass is 272 g/mol. The van der Waals surface area contributed by atoms with Crippen LogP contribution in [0.15, 0.2) is 24.4 Å². The molecule has 96 valence electrons. The minimum Gasteiger partial charge on any atom is -0.367 e. The van der Waals surface area contributed by atoms with E-state index in [1.54, 1.807) is 6.20 Å². The minimum atomic E-state index is 0.608. The molecular weight excluding hydrogens is 260 g/mol. The van der Waals surface area contributed by atoms with Crippen LogP contribution in [0.1, 0.15) is 5.56 Å². The van der Waals surface area contributed by atoms with Crippen LogP contribution in [0.5, 0.6) is 0 Å². The van der Waals surface area contributed by atoms with E-state index in [1.165, 1.54) is 0 Å². The lowest BCUT2D eigenvalue weighted by molar-refractivity contribution is 0.590. The number of halogens is 1. The lowest BCUT2D eigenvalue weighted by Gasteiger charge is -2.31. The van der Waals surface area contributed by atoms with Crippen LogP contribution < -0.4 is 10.2 Å². The van der Waals surface area contributed by atoms with Crippen molar-refractivity contribution in [2.45, 2.75) is 0 Å². The number of anilines is 1. The summed E-state index contributed by atoms with van der Waals surface area (Å²) < 4.78 is 0. The molecule has 0 amide bonds. The van der Waals surface area contributed by atoms with Gasteiger partial charge in [-0.3, -0.25) is 4.98 Å². The highest BCUT2D eigenvalue weighted by molar-refractivity contribution is 6.35. The van der Waals surface area contributed by atoms with Gasteiger partial charge in [0.25, 0.3) is 0 Å². The quantitative estimate of drug-likeness (QED) is 0.864. The number of para-hydroxylation sites is 1. The molecule has 1 fully saturated rings. The van der Waals surface area contributed by atoms with Crippen molar-refractivity contribution >= 4 is 28.2 Å². The second-order valence-corrected chi connectivity index (χ2v) is 4.91. The highest BCUT2D eigenvalue weighted by Crippen LogP contribution is 2.32. The van der Waals surface area contributed by atoms with Crippen molar-refractivity contribution in [3.63, 3.8) is 0 Å². The van der Waals surface area contributed by atoms with Crippen LogP contribution in [0, 0.1) is 11.3 Å². The summed E-state index contributed by atoms with van der Waals surface area (Å²) in [7, 11) is 0. The van der Waals surface area contributed by atoms with E-state index in [-0.39, 0.29) is 0 Å². The standard InChI is InChI=1S/C14H13ClN4/c15-12-3-1-2-11-13(12)18-9-10(8-16)14(11)19-6-4-17-5-7-19/h1-3,9,17H,4-7H2. The summed E-state index contributed by atoms with van der Waals surface area (Å²) in [6.07, 6.45) is 1.62. The number of benzene rings is 1. The number of nitriles is 1. The Balaban J connectivity index is 2.24. The van der Waals surface area contributed by atoms with Crippen molar-refractivity contribution in [3.05, 3.63) is 35.0 Å². The minimum absolute atomic E-state index is 0.608. The van der Waals surface area contributed by atoms with Gasteiger partial charge in [0.05, 0.1) is 21.8 Å². The first-order valence-corrected chi connectivity index (χ1v) is 6.62. The molecule has 1 aromatic heterocycles. The Morgan fingerprint density at radius 3 is 2.84 bits per heavy atom. The Hall–Kier alpha value is -1.83. The third-order valence-corrected chi connectivity index (χ3v) is 3.68. The second-order valence-electron chi connectivity index (χ2n) is 4.51. The molecule has 0 atom stereocenters. The predicted octanol–water partition coefficient (Wildman–Crippen LogP) is 2.17. The number of piperazine rings is 1. The van der Waals surface area contributed by atoms with Crippen molar-refractivity contribution in [3.8, 4) is 6.07 Å². The summed E-state index contributed by atoms with van der Waals surface area (Å²) in [5.41, 5.74) is 2.32. The summed E-state index contributed by atoms with van der Waals surface area (Å²) in [6.45, 7) is 3.63. The van der Waals surface area contributed by atoms with Gasteiger partial charge >= 0.3 is 0 Å². The second kappa shape index (κ2) is 5.04. The maximum Gasteiger partial charge on any atom is 0.103 e. The van der Waals surface area contributed by atoms with E-state index in [9.17, 15) is 5.26 Å². The van der Waals surface area contributed by atoms with Gasteiger partial charge in [-0.05, 0) is 6.07 Å². The molecule has 1 aromatic carbocycles. The summed E-state index contributed by atoms with van der Waals surface area (Å²) in [6, 6.07) is 7.94. The Labute approximate surface area is 116 Å². The summed E-state index contributed by atoms with van der Waals surface area (Å²) in [5, 5.41) is 14.2. The van der Waals surface area contributed by atoms with Gasteiger partial charge < -0.3 is 10.2 Å². The first kappa shape index (κ1) is 12.2. The number of fused-ring (bicyclic) bond motifs is 1. The van der Waals surface area contributed by atoms with Crippen LogP contribution in [-0.4, -0.2) is 31.2 Å².